The predicted octanol–water partition coefficient (Wildman–Crippen LogP) is 1.22. The Balaban J connectivity index is 1.78. The number of hydrogen-bond acceptors (Lipinski definition) is 4. The molecule has 0 saturated heterocycles. The smallest absolute Gasteiger partial charge is 0.229 e. The number of hydrogen-bond donors (Lipinski definition) is 2. The van der Waals surface area contributed by atoms with Gasteiger partial charge in [0, 0.05) is 7.05 Å². The van der Waals surface area contributed by atoms with Crippen molar-refractivity contribution in [1.82, 2.24) is 20.3 Å². The van der Waals surface area contributed by atoms with E-state index in [1.165, 1.54) is 12.1 Å². The van der Waals surface area contributed by atoms with Crippen LogP contribution in [0.25, 0.3) is 0 Å². The zero-order chi connectivity index (χ0) is 16.4. The minimum absolute atomic E-state index is 0.167. The maximum atomic E-state index is 13.0. The van der Waals surface area contributed by atoms with Crippen LogP contribution >= 0.6 is 0 Å². The number of aryl methyl sites for hydroxylation is 2. The van der Waals surface area contributed by atoms with Crippen LogP contribution in [0, 0.1) is 5.82 Å². The van der Waals surface area contributed by atoms with Gasteiger partial charge in [0.2, 0.25) is 5.91 Å². The highest BCUT2D eigenvalue weighted by Gasteiger charge is 2.32. The second-order valence-electron chi connectivity index (χ2n) is 5.79. The number of aliphatic hydroxyl groups excluding tert-OH is 1. The lowest BCUT2D eigenvalue weighted by Crippen LogP contribution is -2.36. The van der Waals surface area contributed by atoms with Crippen LogP contribution in [0.5, 0.6) is 0 Å². The quantitative estimate of drug-likeness (QED) is 0.888. The van der Waals surface area contributed by atoms with Gasteiger partial charge in [0.1, 0.15) is 5.82 Å². The molecule has 2 N–H and O–H groups in total. The molecule has 1 amide bonds. The number of amides is 1. The molecule has 2 atom stereocenters. The van der Waals surface area contributed by atoms with Gasteiger partial charge in [-0.25, -0.2) is 4.39 Å². The van der Waals surface area contributed by atoms with E-state index in [2.05, 4.69) is 15.6 Å². The van der Waals surface area contributed by atoms with Crippen LogP contribution in [-0.4, -0.2) is 32.6 Å². The molecule has 1 aliphatic rings. The van der Waals surface area contributed by atoms with Gasteiger partial charge >= 0.3 is 0 Å². The summed E-state index contributed by atoms with van der Waals surface area (Å²) < 4.78 is 14.7. The molecule has 1 aromatic heterocycles. The van der Waals surface area contributed by atoms with Crippen molar-refractivity contribution in [2.45, 2.75) is 31.2 Å². The summed E-state index contributed by atoms with van der Waals surface area (Å²) in [5.74, 6) is -0.845. The van der Waals surface area contributed by atoms with E-state index in [0.29, 0.717) is 5.56 Å². The number of rotatable bonds is 4. The Labute approximate surface area is 133 Å². The minimum atomic E-state index is -0.560. The fourth-order valence-electron chi connectivity index (χ4n) is 3.08. The van der Waals surface area contributed by atoms with E-state index < -0.39 is 6.04 Å². The number of halogens is 1. The molecule has 2 unspecified atom stereocenters. The molecule has 7 heteroatoms. The lowest BCUT2D eigenvalue weighted by molar-refractivity contribution is -0.124. The molecule has 1 aliphatic carbocycles. The summed E-state index contributed by atoms with van der Waals surface area (Å²) in [6.45, 7) is -0.249. The van der Waals surface area contributed by atoms with Crippen LogP contribution in [0.3, 0.4) is 0 Å². The number of carbonyl (C=O) groups is 1. The third-order valence-electron chi connectivity index (χ3n) is 4.27. The summed E-state index contributed by atoms with van der Waals surface area (Å²) in [6.07, 6.45) is 2.43. The standard InChI is InChI=1S/C16H19FN4O2/c1-21-15-12(3-2-4-13(15)19-20-21)16(23)18-14(9-22)10-5-7-11(17)8-6-10/h5-8,12,14,22H,2-4,9H2,1H3,(H,18,23). The number of aliphatic hydroxyl groups is 1. The van der Waals surface area contributed by atoms with Crippen LogP contribution < -0.4 is 5.32 Å². The van der Waals surface area contributed by atoms with E-state index in [1.54, 1.807) is 23.9 Å². The molecule has 0 radical (unpaired) electrons. The first-order valence-corrected chi connectivity index (χ1v) is 7.65. The highest BCUT2D eigenvalue weighted by Crippen LogP contribution is 2.30. The van der Waals surface area contributed by atoms with Crippen molar-refractivity contribution in [3.05, 3.63) is 47.0 Å². The zero-order valence-corrected chi connectivity index (χ0v) is 12.9. The molecule has 0 saturated carbocycles. The molecular formula is C16H19FN4O2. The summed E-state index contributed by atoms with van der Waals surface area (Å²) in [6, 6.07) is 5.19. The third-order valence-corrected chi connectivity index (χ3v) is 4.27. The van der Waals surface area contributed by atoms with E-state index in [4.69, 9.17) is 0 Å². The molecule has 0 spiro atoms. The Bertz CT molecular complexity index is 699. The van der Waals surface area contributed by atoms with Gasteiger partial charge in [0.05, 0.1) is 30.0 Å². The average Bonchev–Trinajstić information content (AvgIpc) is 2.95. The summed E-state index contributed by atoms with van der Waals surface area (Å²) in [4.78, 5) is 12.7. The van der Waals surface area contributed by atoms with E-state index in [1.807, 2.05) is 0 Å². The first-order chi connectivity index (χ1) is 11.1. The number of aromatic nitrogens is 3. The van der Waals surface area contributed by atoms with Crippen molar-refractivity contribution in [3.8, 4) is 0 Å². The van der Waals surface area contributed by atoms with Crippen LogP contribution in [-0.2, 0) is 18.3 Å². The largest absolute Gasteiger partial charge is 0.394 e. The fraction of sp³-hybridized carbons (Fsp3) is 0.438. The zero-order valence-electron chi connectivity index (χ0n) is 12.9. The van der Waals surface area contributed by atoms with Crippen LogP contribution in [0.15, 0.2) is 24.3 Å². The number of benzene rings is 1. The van der Waals surface area contributed by atoms with E-state index in [-0.39, 0.29) is 24.2 Å². The molecule has 0 fully saturated rings. The van der Waals surface area contributed by atoms with E-state index in [0.717, 1.165) is 30.7 Å². The van der Waals surface area contributed by atoms with Crippen LogP contribution in [0.4, 0.5) is 4.39 Å². The van der Waals surface area contributed by atoms with Crippen LogP contribution in [0.1, 0.15) is 41.8 Å². The van der Waals surface area contributed by atoms with Crippen LogP contribution in [0.2, 0.25) is 0 Å². The van der Waals surface area contributed by atoms with Gasteiger partial charge in [-0.15, -0.1) is 5.10 Å². The molecule has 122 valence electrons. The normalized spacial score (nSPS) is 18.3. The molecule has 0 bridgehead atoms. The summed E-state index contributed by atoms with van der Waals surface area (Å²) >= 11 is 0. The number of nitrogens with zero attached hydrogens (tertiary/aromatic N) is 3. The Morgan fingerprint density at radius 3 is 2.91 bits per heavy atom. The van der Waals surface area contributed by atoms with Crippen molar-refractivity contribution in [3.63, 3.8) is 0 Å². The van der Waals surface area contributed by atoms with Gasteiger partial charge in [-0.05, 0) is 37.0 Å². The number of nitrogens with one attached hydrogen (secondary N) is 1. The molecule has 6 nitrogen and oxygen atoms in total. The van der Waals surface area contributed by atoms with Crippen molar-refractivity contribution in [2.24, 2.45) is 7.05 Å². The minimum Gasteiger partial charge on any atom is -0.394 e. The fourth-order valence-corrected chi connectivity index (χ4v) is 3.08. The van der Waals surface area contributed by atoms with Crippen molar-refractivity contribution in [2.75, 3.05) is 6.61 Å². The molecule has 23 heavy (non-hydrogen) atoms. The van der Waals surface area contributed by atoms with Gasteiger partial charge in [-0.3, -0.25) is 9.48 Å². The van der Waals surface area contributed by atoms with Gasteiger partial charge in [0.25, 0.3) is 0 Å². The molecular weight excluding hydrogens is 299 g/mol. The second-order valence-corrected chi connectivity index (χ2v) is 5.79. The summed E-state index contributed by atoms with van der Waals surface area (Å²) in [5, 5.41) is 20.5. The Hall–Kier alpha value is -2.28. The highest BCUT2D eigenvalue weighted by atomic mass is 19.1. The molecule has 1 heterocycles. The molecule has 0 aliphatic heterocycles. The monoisotopic (exact) mass is 318 g/mol. The van der Waals surface area contributed by atoms with Crippen molar-refractivity contribution < 1.29 is 14.3 Å². The molecule has 2 aromatic rings. The Kier molecular flexibility index (Phi) is 4.38. The number of carbonyl (C=O) groups excluding carboxylic acids is 1. The average molecular weight is 318 g/mol. The first-order valence-electron chi connectivity index (χ1n) is 7.65. The van der Waals surface area contributed by atoms with Gasteiger partial charge < -0.3 is 10.4 Å². The third kappa shape index (κ3) is 3.10. The van der Waals surface area contributed by atoms with Crippen molar-refractivity contribution >= 4 is 5.91 Å². The maximum absolute atomic E-state index is 13.0. The van der Waals surface area contributed by atoms with E-state index in [9.17, 15) is 14.3 Å². The van der Waals surface area contributed by atoms with Gasteiger partial charge in [-0.2, -0.15) is 0 Å². The summed E-state index contributed by atoms with van der Waals surface area (Å²) in [7, 11) is 1.78. The maximum Gasteiger partial charge on any atom is 0.229 e. The lowest BCUT2D eigenvalue weighted by Gasteiger charge is -2.24. The number of fused-ring (bicyclic) bond motifs is 1. The Morgan fingerprint density at radius 2 is 2.22 bits per heavy atom. The predicted molar refractivity (Wildman–Crippen MR) is 81.1 cm³/mol. The Morgan fingerprint density at radius 1 is 1.48 bits per heavy atom. The van der Waals surface area contributed by atoms with Gasteiger partial charge in [0.15, 0.2) is 0 Å². The van der Waals surface area contributed by atoms with Crippen molar-refractivity contribution in [1.29, 1.82) is 0 Å². The SMILES string of the molecule is Cn1nnc2c1C(C(=O)NC(CO)c1ccc(F)cc1)CCC2. The lowest BCUT2D eigenvalue weighted by atomic mass is 9.88. The second kappa shape index (κ2) is 6.45. The highest BCUT2D eigenvalue weighted by molar-refractivity contribution is 5.84. The molecule has 1 aromatic carbocycles. The van der Waals surface area contributed by atoms with Gasteiger partial charge in [-0.1, -0.05) is 17.3 Å². The summed E-state index contributed by atoms with van der Waals surface area (Å²) in [5.41, 5.74) is 2.37. The topological polar surface area (TPSA) is 80.0 Å². The molecule has 3 rings (SSSR count). The van der Waals surface area contributed by atoms with E-state index >= 15 is 0 Å². The first kappa shape index (κ1) is 15.6.